The molecule has 0 unspecified atom stereocenters. The highest BCUT2D eigenvalue weighted by molar-refractivity contribution is 7.99. The number of hydrogen-bond acceptors (Lipinski definition) is 6. The second-order valence-electron chi connectivity index (χ2n) is 4.11. The van der Waals surface area contributed by atoms with Crippen LogP contribution in [-0.4, -0.2) is 36.8 Å². The van der Waals surface area contributed by atoms with E-state index in [0.29, 0.717) is 9.92 Å². The maximum atomic E-state index is 12.2. The molecule has 2 N–H and O–H groups in total. The van der Waals surface area contributed by atoms with Gasteiger partial charge in [0.05, 0.1) is 5.69 Å². The average Bonchev–Trinajstić information content (AvgIpc) is 2.42. The molecule has 0 atom stereocenters. The fourth-order valence-electron chi connectivity index (χ4n) is 1.49. The summed E-state index contributed by atoms with van der Waals surface area (Å²) in [7, 11) is -0.618. The Labute approximate surface area is 122 Å². The van der Waals surface area contributed by atoms with E-state index in [-0.39, 0.29) is 10.6 Å². The van der Waals surface area contributed by atoms with E-state index in [9.17, 15) is 8.42 Å². The number of anilines is 1. The molecule has 0 saturated heterocycles. The van der Waals surface area contributed by atoms with Gasteiger partial charge in [-0.25, -0.2) is 22.7 Å². The molecule has 0 aliphatic carbocycles. The first-order valence-electron chi connectivity index (χ1n) is 5.68. The van der Waals surface area contributed by atoms with Crippen molar-refractivity contribution in [3.63, 3.8) is 0 Å². The zero-order valence-corrected chi connectivity index (χ0v) is 12.6. The van der Waals surface area contributed by atoms with Crippen molar-refractivity contribution in [2.45, 2.75) is 14.8 Å². The molecule has 0 saturated carbocycles. The third kappa shape index (κ3) is 2.92. The highest BCUT2D eigenvalue weighted by atomic mass is 32.2. The number of nitrogen functional groups attached to an aromatic ring is 1. The van der Waals surface area contributed by atoms with E-state index >= 15 is 0 Å². The Morgan fingerprint density at radius 3 is 2.60 bits per heavy atom. The molecule has 2 rings (SSSR count). The van der Waals surface area contributed by atoms with E-state index in [4.69, 9.17) is 5.73 Å². The van der Waals surface area contributed by atoms with Crippen LogP contribution in [0.1, 0.15) is 0 Å². The van der Waals surface area contributed by atoms with Gasteiger partial charge in [0.2, 0.25) is 10.0 Å². The zero-order valence-electron chi connectivity index (χ0n) is 11.0. The molecule has 8 heteroatoms. The predicted molar refractivity (Wildman–Crippen MR) is 77.9 cm³/mol. The van der Waals surface area contributed by atoms with Crippen LogP contribution in [0.3, 0.4) is 0 Å². The minimum Gasteiger partial charge on any atom is -0.397 e. The highest BCUT2D eigenvalue weighted by Crippen LogP contribution is 2.34. The van der Waals surface area contributed by atoms with Crippen LogP contribution >= 0.6 is 11.8 Å². The van der Waals surface area contributed by atoms with Crippen LogP contribution in [0.2, 0.25) is 0 Å². The summed E-state index contributed by atoms with van der Waals surface area (Å²) in [5.74, 6) is 0. The minimum absolute atomic E-state index is 0.0987. The van der Waals surface area contributed by atoms with Crippen molar-refractivity contribution in [3.8, 4) is 0 Å². The quantitative estimate of drug-likeness (QED) is 0.679. The molecule has 1 aromatic carbocycles. The summed E-state index contributed by atoms with van der Waals surface area (Å²) in [4.78, 5) is 8.65. The van der Waals surface area contributed by atoms with Crippen LogP contribution in [0, 0.1) is 0 Å². The van der Waals surface area contributed by atoms with Gasteiger partial charge in [0, 0.05) is 25.2 Å². The molecule has 0 spiro atoms. The first-order chi connectivity index (χ1) is 9.43. The molecule has 0 bridgehead atoms. The van der Waals surface area contributed by atoms with Crippen molar-refractivity contribution in [2.75, 3.05) is 19.8 Å². The van der Waals surface area contributed by atoms with Crippen molar-refractivity contribution in [1.29, 1.82) is 0 Å². The SMILES string of the molecule is CN(C)S(=O)(=O)c1cccc(Sc2ccncn2)c1N. The standard InChI is InChI=1S/C12H14N4O2S2/c1-16(2)20(17,18)10-5-3-4-9(12(10)13)19-11-6-7-14-8-15-11/h3-8H,13H2,1-2H3. The summed E-state index contributed by atoms with van der Waals surface area (Å²) in [5, 5.41) is 0.700. The lowest BCUT2D eigenvalue weighted by molar-refractivity contribution is 0.521. The molecule has 106 valence electrons. The molecule has 1 heterocycles. The van der Waals surface area contributed by atoms with E-state index in [0.717, 1.165) is 4.31 Å². The number of benzene rings is 1. The Hall–Kier alpha value is -1.64. The zero-order chi connectivity index (χ0) is 14.8. The first kappa shape index (κ1) is 14.8. The molecule has 6 nitrogen and oxygen atoms in total. The summed E-state index contributed by atoms with van der Waals surface area (Å²) in [5.41, 5.74) is 6.21. The molecule has 0 aliphatic heterocycles. The lowest BCUT2D eigenvalue weighted by Gasteiger charge is -2.15. The Morgan fingerprint density at radius 1 is 1.25 bits per heavy atom. The van der Waals surface area contributed by atoms with Crippen LogP contribution < -0.4 is 5.73 Å². The smallest absolute Gasteiger partial charge is 0.244 e. The van der Waals surface area contributed by atoms with Crippen LogP contribution in [0.15, 0.2) is 51.6 Å². The number of sulfonamides is 1. The molecular weight excluding hydrogens is 296 g/mol. The van der Waals surface area contributed by atoms with Crippen LogP contribution in [0.5, 0.6) is 0 Å². The molecule has 0 aliphatic rings. The maximum Gasteiger partial charge on any atom is 0.244 e. The summed E-state index contributed by atoms with van der Waals surface area (Å²) in [6.45, 7) is 0. The fourth-order valence-corrected chi connectivity index (χ4v) is 3.40. The number of rotatable bonds is 4. The second kappa shape index (κ2) is 5.78. The van der Waals surface area contributed by atoms with Gasteiger partial charge >= 0.3 is 0 Å². The van der Waals surface area contributed by atoms with Crippen molar-refractivity contribution in [1.82, 2.24) is 14.3 Å². The Morgan fingerprint density at radius 2 is 2.00 bits per heavy atom. The molecule has 0 radical (unpaired) electrons. The van der Waals surface area contributed by atoms with Gasteiger partial charge in [-0.2, -0.15) is 0 Å². The second-order valence-corrected chi connectivity index (χ2v) is 7.29. The summed E-state index contributed by atoms with van der Waals surface area (Å²) in [6, 6.07) is 6.65. The average molecular weight is 310 g/mol. The molecular formula is C12H14N4O2S2. The lowest BCUT2D eigenvalue weighted by Crippen LogP contribution is -2.23. The van der Waals surface area contributed by atoms with E-state index in [2.05, 4.69) is 9.97 Å². The number of aromatic nitrogens is 2. The van der Waals surface area contributed by atoms with Gasteiger partial charge in [-0.1, -0.05) is 17.8 Å². The number of nitrogens with two attached hydrogens (primary N) is 1. The molecule has 1 aromatic heterocycles. The topological polar surface area (TPSA) is 89.2 Å². The Kier molecular flexibility index (Phi) is 4.26. The molecule has 0 fully saturated rings. The first-order valence-corrected chi connectivity index (χ1v) is 7.93. The van der Waals surface area contributed by atoms with Crippen LogP contribution in [0.25, 0.3) is 0 Å². The monoisotopic (exact) mass is 310 g/mol. The highest BCUT2D eigenvalue weighted by Gasteiger charge is 2.21. The number of para-hydroxylation sites is 1. The van der Waals surface area contributed by atoms with Crippen molar-refractivity contribution < 1.29 is 8.42 Å². The van der Waals surface area contributed by atoms with Gasteiger partial charge in [-0.3, -0.25) is 0 Å². The number of hydrogen-bond donors (Lipinski definition) is 1. The minimum atomic E-state index is -3.56. The van der Waals surface area contributed by atoms with Crippen molar-refractivity contribution in [3.05, 3.63) is 36.8 Å². The molecule has 20 heavy (non-hydrogen) atoms. The van der Waals surface area contributed by atoms with Gasteiger partial charge in [-0.05, 0) is 18.2 Å². The van der Waals surface area contributed by atoms with E-state index in [1.165, 1.54) is 38.3 Å². The van der Waals surface area contributed by atoms with E-state index in [1.807, 2.05) is 0 Å². The van der Waals surface area contributed by atoms with Gasteiger partial charge in [0.15, 0.2) is 0 Å². The summed E-state index contributed by atoms with van der Waals surface area (Å²) < 4.78 is 25.5. The normalized spacial score (nSPS) is 11.8. The summed E-state index contributed by atoms with van der Waals surface area (Å²) >= 11 is 1.30. The van der Waals surface area contributed by atoms with E-state index < -0.39 is 10.0 Å². The van der Waals surface area contributed by atoms with Crippen LogP contribution in [-0.2, 0) is 10.0 Å². The lowest BCUT2D eigenvalue weighted by atomic mass is 10.3. The van der Waals surface area contributed by atoms with Crippen LogP contribution in [0.4, 0.5) is 5.69 Å². The van der Waals surface area contributed by atoms with E-state index in [1.54, 1.807) is 24.4 Å². The van der Waals surface area contributed by atoms with Gasteiger partial charge < -0.3 is 5.73 Å². The Balaban J connectivity index is 2.43. The predicted octanol–water partition coefficient (Wildman–Crippen LogP) is 1.46. The summed E-state index contributed by atoms with van der Waals surface area (Å²) in [6.07, 6.45) is 3.05. The number of nitrogens with zero attached hydrogens (tertiary/aromatic N) is 3. The Bertz CT molecular complexity index is 703. The third-order valence-corrected chi connectivity index (χ3v) is 5.45. The molecule has 2 aromatic rings. The largest absolute Gasteiger partial charge is 0.397 e. The fraction of sp³-hybridized carbons (Fsp3) is 0.167. The maximum absolute atomic E-state index is 12.2. The van der Waals surface area contributed by atoms with Gasteiger partial charge in [-0.15, -0.1) is 0 Å². The molecule has 0 amide bonds. The van der Waals surface area contributed by atoms with Gasteiger partial charge in [0.1, 0.15) is 16.2 Å². The third-order valence-electron chi connectivity index (χ3n) is 2.55. The van der Waals surface area contributed by atoms with Gasteiger partial charge in [0.25, 0.3) is 0 Å². The van der Waals surface area contributed by atoms with Crippen molar-refractivity contribution >= 4 is 27.5 Å². The van der Waals surface area contributed by atoms with Crippen molar-refractivity contribution in [2.24, 2.45) is 0 Å².